The number of rotatable bonds is 2. The normalized spacial score (nSPS) is 45.4. The maximum Gasteiger partial charge on any atom is 0.190 e. The third kappa shape index (κ3) is 1.89. The second-order valence-electron chi connectivity index (χ2n) is 4.31. The summed E-state index contributed by atoms with van der Waals surface area (Å²) >= 11 is 0. The van der Waals surface area contributed by atoms with E-state index in [9.17, 15) is 10.2 Å². The Kier molecular flexibility index (Phi) is 2.74. The number of hydrogen-bond acceptors (Lipinski definition) is 6. The van der Waals surface area contributed by atoms with Crippen molar-refractivity contribution in [2.24, 2.45) is 0 Å². The SMILES string of the molecule is CC1(C)O[C@H]2O[C@@H]([C@H](O)CO)[C@@H](O)[C@@H]2O1. The zero-order valence-electron chi connectivity index (χ0n) is 8.66. The maximum atomic E-state index is 9.79. The highest BCUT2D eigenvalue weighted by molar-refractivity contribution is 4.95. The third-order valence-electron chi connectivity index (χ3n) is 2.62. The predicted molar refractivity (Wildman–Crippen MR) is 47.8 cm³/mol. The van der Waals surface area contributed by atoms with Crippen LogP contribution in [-0.4, -0.2) is 58.4 Å². The van der Waals surface area contributed by atoms with Gasteiger partial charge in [0.1, 0.15) is 24.4 Å². The Morgan fingerprint density at radius 3 is 2.53 bits per heavy atom. The van der Waals surface area contributed by atoms with Crippen molar-refractivity contribution in [3.8, 4) is 0 Å². The molecule has 0 aromatic heterocycles. The molecule has 6 heteroatoms. The van der Waals surface area contributed by atoms with Crippen LogP contribution in [0, 0.1) is 0 Å². The van der Waals surface area contributed by atoms with E-state index in [1.165, 1.54) is 0 Å². The molecule has 88 valence electrons. The van der Waals surface area contributed by atoms with Crippen LogP contribution in [0.4, 0.5) is 0 Å². The van der Waals surface area contributed by atoms with Crippen LogP contribution >= 0.6 is 0 Å². The van der Waals surface area contributed by atoms with Gasteiger partial charge in [-0.15, -0.1) is 0 Å². The first-order valence-corrected chi connectivity index (χ1v) is 4.93. The van der Waals surface area contributed by atoms with Crippen LogP contribution < -0.4 is 0 Å². The summed E-state index contributed by atoms with van der Waals surface area (Å²) in [5, 5.41) is 27.9. The molecule has 2 saturated heterocycles. The highest BCUT2D eigenvalue weighted by Gasteiger charge is 2.55. The second-order valence-corrected chi connectivity index (χ2v) is 4.31. The predicted octanol–water partition coefficient (Wildman–Crippen LogP) is -1.42. The molecule has 0 saturated carbocycles. The molecule has 2 fully saturated rings. The summed E-state index contributed by atoms with van der Waals surface area (Å²) in [6.45, 7) is 2.97. The number of aliphatic hydroxyl groups is 3. The average molecular weight is 220 g/mol. The van der Waals surface area contributed by atoms with Crippen molar-refractivity contribution < 1.29 is 29.5 Å². The van der Waals surface area contributed by atoms with Crippen LogP contribution in [0.2, 0.25) is 0 Å². The Balaban J connectivity index is 2.05. The molecule has 6 nitrogen and oxygen atoms in total. The van der Waals surface area contributed by atoms with Crippen molar-refractivity contribution in [2.75, 3.05) is 6.61 Å². The van der Waals surface area contributed by atoms with Gasteiger partial charge in [-0.05, 0) is 13.8 Å². The molecule has 0 aromatic carbocycles. The summed E-state index contributed by atoms with van der Waals surface area (Å²) in [5.74, 6) is -0.786. The Morgan fingerprint density at radius 1 is 1.33 bits per heavy atom. The summed E-state index contributed by atoms with van der Waals surface area (Å²) in [7, 11) is 0. The van der Waals surface area contributed by atoms with E-state index in [1.807, 2.05) is 0 Å². The van der Waals surface area contributed by atoms with Gasteiger partial charge in [-0.1, -0.05) is 0 Å². The van der Waals surface area contributed by atoms with Crippen molar-refractivity contribution in [1.29, 1.82) is 0 Å². The summed E-state index contributed by atoms with van der Waals surface area (Å²) in [5.41, 5.74) is 0. The minimum absolute atomic E-state index is 0.468. The van der Waals surface area contributed by atoms with Crippen LogP contribution in [-0.2, 0) is 14.2 Å². The van der Waals surface area contributed by atoms with Gasteiger partial charge in [-0.2, -0.15) is 0 Å². The monoisotopic (exact) mass is 220 g/mol. The molecule has 2 aliphatic rings. The first-order valence-electron chi connectivity index (χ1n) is 4.93. The fraction of sp³-hybridized carbons (Fsp3) is 1.00. The van der Waals surface area contributed by atoms with Crippen LogP contribution in [0.3, 0.4) is 0 Å². The molecule has 2 aliphatic heterocycles. The Hall–Kier alpha value is -0.240. The van der Waals surface area contributed by atoms with E-state index in [2.05, 4.69) is 0 Å². The van der Waals surface area contributed by atoms with Gasteiger partial charge in [0.25, 0.3) is 0 Å². The molecule has 0 bridgehead atoms. The van der Waals surface area contributed by atoms with Crippen molar-refractivity contribution >= 4 is 0 Å². The standard InChI is InChI=1S/C9H16O6/c1-9(2)14-7-5(12)6(4(11)3-10)13-8(7)15-9/h4-8,10-12H,3H2,1-2H3/t4-,5-,6+,7+,8-/m1/s1. The number of aliphatic hydroxyl groups excluding tert-OH is 3. The third-order valence-corrected chi connectivity index (χ3v) is 2.62. The molecule has 0 radical (unpaired) electrons. The van der Waals surface area contributed by atoms with Gasteiger partial charge in [-0.25, -0.2) is 0 Å². The lowest BCUT2D eigenvalue weighted by atomic mass is 10.1. The number of fused-ring (bicyclic) bond motifs is 1. The maximum absolute atomic E-state index is 9.79. The highest BCUT2D eigenvalue weighted by Crippen LogP contribution is 2.38. The first kappa shape index (κ1) is 11.3. The molecule has 5 atom stereocenters. The fourth-order valence-electron chi connectivity index (χ4n) is 1.94. The Morgan fingerprint density at radius 2 is 2.00 bits per heavy atom. The molecular weight excluding hydrogens is 204 g/mol. The molecule has 2 heterocycles. The van der Waals surface area contributed by atoms with Gasteiger partial charge in [-0.3, -0.25) is 0 Å². The van der Waals surface area contributed by atoms with Crippen LogP contribution in [0.5, 0.6) is 0 Å². The van der Waals surface area contributed by atoms with E-state index in [4.69, 9.17) is 19.3 Å². The molecular formula is C9H16O6. The van der Waals surface area contributed by atoms with Gasteiger partial charge < -0.3 is 29.5 Å². The number of hydrogen-bond donors (Lipinski definition) is 3. The summed E-state index contributed by atoms with van der Waals surface area (Å²) in [6.07, 6.45) is -4.26. The van der Waals surface area contributed by atoms with E-state index < -0.39 is 43.1 Å². The van der Waals surface area contributed by atoms with Crippen LogP contribution in [0.15, 0.2) is 0 Å². The lowest BCUT2D eigenvalue weighted by Crippen LogP contribution is -2.42. The fourth-order valence-corrected chi connectivity index (χ4v) is 1.94. The summed E-state index contributed by atoms with van der Waals surface area (Å²) in [4.78, 5) is 0. The van der Waals surface area contributed by atoms with Gasteiger partial charge in [0.2, 0.25) is 0 Å². The minimum Gasteiger partial charge on any atom is -0.394 e. The zero-order valence-corrected chi connectivity index (χ0v) is 8.66. The Bertz CT molecular complexity index is 243. The van der Waals surface area contributed by atoms with Gasteiger partial charge >= 0.3 is 0 Å². The van der Waals surface area contributed by atoms with Crippen molar-refractivity contribution in [3.05, 3.63) is 0 Å². The van der Waals surface area contributed by atoms with E-state index in [0.29, 0.717) is 0 Å². The van der Waals surface area contributed by atoms with Gasteiger partial charge in [0.15, 0.2) is 12.1 Å². The van der Waals surface area contributed by atoms with Gasteiger partial charge in [0, 0.05) is 0 Å². The lowest BCUT2D eigenvalue weighted by Gasteiger charge is -2.24. The quantitative estimate of drug-likeness (QED) is 0.529. The summed E-state index contributed by atoms with van der Waals surface area (Å²) in [6, 6.07) is 0. The van der Waals surface area contributed by atoms with E-state index in [1.54, 1.807) is 13.8 Å². The lowest BCUT2D eigenvalue weighted by molar-refractivity contribution is -0.227. The van der Waals surface area contributed by atoms with Gasteiger partial charge in [0.05, 0.1) is 6.61 Å². The molecule has 0 aliphatic carbocycles. The minimum atomic E-state index is -1.12. The topological polar surface area (TPSA) is 88.4 Å². The Labute approximate surface area is 87.4 Å². The molecule has 0 unspecified atom stereocenters. The first-order chi connectivity index (χ1) is 6.94. The molecule has 0 spiro atoms. The number of ether oxygens (including phenoxy) is 3. The highest BCUT2D eigenvalue weighted by atomic mass is 16.8. The average Bonchev–Trinajstić information content (AvgIpc) is 2.60. The van der Waals surface area contributed by atoms with E-state index in [-0.39, 0.29) is 0 Å². The van der Waals surface area contributed by atoms with Crippen LogP contribution in [0.25, 0.3) is 0 Å². The molecule has 0 amide bonds. The molecule has 3 N–H and O–H groups in total. The molecule has 15 heavy (non-hydrogen) atoms. The van der Waals surface area contributed by atoms with Crippen molar-refractivity contribution in [3.63, 3.8) is 0 Å². The summed E-state index contributed by atoms with van der Waals surface area (Å²) < 4.78 is 16.1. The van der Waals surface area contributed by atoms with E-state index in [0.717, 1.165) is 0 Å². The molecule has 0 aromatic rings. The largest absolute Gasteiger partial charge is 0.394 e. The van der Waals surface area contributed by atoms with Crippen molar-refractivity contribution in [2.45, 2.75) is 50.3 Å². The zero-order chi connectivity index (χ0) is 11.2. The van der Waals surface area contributed by atoms with Crippen molar-refractivity contribution in [1.82, 2.24) is 0 Å². The smallest absolute Gasteiger partial charge is 0.190 e. The van der Waals surface area contributed by atoms with Crippen LogP contribution in [0.1, 0.15) is 13.8 Å². The van der Waals surface area contributed by atoms with E-state index >= 15 is 0 Å². The molecule has 2 rings (SSSR count). The second kappa shape index (κ2) is 3.65.